The van der Waals surface area contributed by atoms with E-state index in [9.17, 15) is 4.79 Å². The standard InChI is InChI=1S/C16H21NO2/c1-11(19-16(2,3)4)17-13-9-8-12-6-5-7-15(18)14(12)10-13/h8-10,17H,1,5-7H2,2-4H3. The summed E-state index contributed by atoms with van der Waals surface area (Å²) >= 11 is 0. The quantitative estimate of drug-likeness (QED) is 0.836. The van der Waals surface area contributed by atoms with E-state index in [-0.39, 0.29) is 11.4 Å². The van der Waals surface area contributed by atoms with Crippen molar-refractivity contribution in [3.63, 3.8) is 0 Å². The zero-order valence-corrected chi connectivity index (χ0v) is 11.9. The second-order valence-electron chi connectivity index (χ2n) is 5.91. The van der Waals surface area contributed by atoms with Crippen LogP contribution in [0.3, 0.4) is 0 Å². The van der Waals surface area contributed by atoms with Gasteiger partial charge in [-0.2, -0.15) is 0 Å². The molecule has 1 aliphatic carbocycles. The van der Waals surface area contributed by atoms with Crippen LogP contribution in [0.25, 0.3) is 0 Å². The van der Waals surface area contributed by atoms with E-state index in [1.165, 1.54) is 0 Å². The Kier molecular flexibility index (Phi) is 3.65. The molecular formula is C16H21NO2. The Labute approximate surface area is 114 Å². The monoisotopic (exact) mass is 259 g/mol. The predicted octanol–water partition coefficient (Wildman–Crippen LogP) is 3.90. The number of anilines is 1. The zero-order valence-electron chi connectivity index (χ0n) is 11.9. The van der Waals surface area contributed by atoms with E-state index in [1.807, 2.05) is 39.0 Å². The Hall–Kier alpha value is -1.77. The van der Waals surface area contributed by atoms with Crippen molar-refractivity contribution >= 4 is 11.5 Å². The van der Waals surface area contributed by atoms with Gasteiger partial charge in [0.1, 0.15) is 5.60 Å². The van der Waals surface area contributed by atoms with Gasteiger partial charge in [-0.15, -0.1) is 0 Å². The highest BCUT2D eigenvalue weighted by atomic mass is 16.5. The van der Waals surface area contributed by atoms with Crippen molar-refractivity contribution in [3.8, 4) is 0 Å². The molecule has 0 aliphatic heterocycles. The highest BCUT2D eigenvalue weighted by Gasteiger charge is 2.18. The number of benzene rings is 1. The predicted molar refractivity (Wildman–Crippen MR) is 77.3 cm³/mol. The van der Waals surface area contributed by atoms with E-state index >= 15 is 0 Å². The highest BCUT2D eigenvalue weighted by molar-refractivity contribution is 5.99. The van der Waals surface area contributed by atoms with Gasteiger partial charge in [-0.1, -0.05) is 6.07 Å². The van der Waals surface area contributed by atoms with Crippen LogP contribution in [-0.2, 0) is 11.2 Å². The van der Waals surface area contributed by atoms with Crippen molar-refractivity contribution in [2.45, 2.75) is 45.6 Å². The van der Waals surface area contributed by atoms with E-state index in [4.69, 9.17) is 4.74 Å². The number of fused-ring (bicyclic) bond motifs is 1. The lowest BCUT2D eigenvalue weighted by molar-refractivity contribution is 0.0565. The maximum absolute atomic E-state index is 11.9. The molecule has 1 N–H and O–H groups in total. The van der Waals surface area contributed by atoms with E-state index in [0.717, 1.165) is 29.7 Å². The normalized spacial score (nSPS) is 14.8. The fraction of sp³-hybridized carbons (Fsp3) is 0.438. The third-order valence-electron chi connectivity index (χ3n) is 2.97. The smallest absolute Gasteiger partial charge is 0.184 e. The first-order valence-corrected chi connectivity index (χ1v) is 6.66. The molecule has 0 fully saturated rings. The summed E-state index contributed by atoms with van der Waals surface area (Å²) in [5.41, 5.74) is 2.54. The highest BCUT2D eigenvalue weighted by Crippen LogP contribution is 2.25. The van der Waals surface area contributed by atoms with Gasteiger partial charge in [-0.3, -0.25) is 4.79 Å². The lowest BCUT2D eigenvalue weighted by atomic mass is 9.90. The molecule has 0 amide bonds. The van der Waals surface area contributed by atoms with Crippen molar-refractivity contribution in [3.05, 3.63) is 41.8 Å². The number of ketones is 1. The van der Waals surface area contributed by atoms with Gasteiger partial charge < -0.3 is 10.1 Å². The minimum atomic E-state index is -0.284. The molecule has 19 heavy (non-hydrogen) atoms. The molecule has 3 nitrogen and oxygen atoms in total. The molecule has 0 saturated carbocycles. The molecule has 2 rings (SSSR count). The summed E-state index contributed by atoms with van der Waals surface area (Å²) in [5, 5.41) is 3.10. The second kappa shape index (κ2) is 5.08. The number of rotatable bonds is 3. The van der Waals surface area contributed by atoms with Gasteiger partial charge in [0, 0.05) is 17.7 Å². The summed E-state index contributed by atoms with van der Waals surface area (Å²) in [6.07, 6.45) is 2.59. The Balaban J connectivity index is 2.12. The van der Waals surface area contributed by atoms with Crippen molar-refractivity contribution in [1.29, 1.82) is 0 Å². The van der Waals surface area contributed by atoms with Crippen LogP contribution in [0.5, 0.6) is 0 Å². The summed E-state index contributed by atoms with van der Waals surface area (Å²) in [7, 11) is 0. The molecule has 1 aromatic rings. The van der Waals surface area contributed by atoms with Gasteiger partial charge in [0.2, 0.25) is 0 Å². The zero-order chi connectivity index (χ0) is 14.0. The fourth-order valence-electron chi connectivity index (χ4n) is 2.26. The molecule has 102 valence electrons. The average Bonchev–Trinajstić information content (AvgIpc) is 2.27. The van der Waals surface area contributed by atoms with Crippen LogP contribution in [0, 0.1) is 0 Å². The Morgan fingerprint density at radius 2 is 2.05 bits per heavy atom. The Morgan fingerprint density at radius 3 is 2.74 bits per heavy atom. The van der Waals surface area contributed by atoms with Gasteiger partial charge in [0.05, 0.1) is 0 Å². The number of Topliss-reactive ketones (excluding diaryl/α,β-unsaturated/α-hetero) is 1. The first-order chi connectivity index (χ1) is 8.85. The summed E-state index contributed by atoms with van der Waals surface area (Å²) < 4.78 is 5.62. The molecule has 0 radical (unpaired) electrons. The maximum atomic E-state index is 11.9. The van der Waals surface area contributed by atoms with Crippen LogP contribution in [-0.4, -0.2) is 11.4 Å². The van der Waals surface area contributed by atoms with Crippen LogP contribution in [0.4, 0.5) is 5.69 Å². The van der Waals surface area contributed by atoms with Crippen LogP contribution in [0.2, 0.25) is 0 Å². The van der Waals surface area contributed by atoms with Crippen molar-refractivity contribution in [1.82, 2.24) is 0 Å². The molecular weight excluding hydrogens is 238 g/mol. The van der Waals surface area contributed by atoms with Crippen LogP contribution < -0.4 is 5.32 Å². The number of carbonyl (C=O) groups is 1. The third kappa shape index (κ3) is 3.60. The molecule has 0 bridgehead atoms. The SMILES string of the molecule is C=C(Nc1ccc2c(c1)C(=O)CCC2)OC(C)(C)C. The topological polar surface area (TPSA) is 38.3 Å². The third-order valence-corrected chi connectivity index (χ3v) is 2.97. The second-order valence-corrected chi connectivity index (χ2v) is 5.91. The van der Waals surface area contributed by atoms with Crippen LogP contribution in [0.1, 0.15) is 49.5 Å². The minimum absolute atomic E-state index is 0.229. The molecule has 0 aromatic heterocycles. The fourth-order valence-corrected chi connectivity index (χ4v) is 2.26. The van der Waals surface area contributed by atoms with Gasteiger partial charge in [0.25, 0.3) is 0 Å². The molecule has 0 atom stereocenters. The van der Waals surface area contributed by atoms with E-state index in [0.29, 0.717) is 12.3 Å². The first kappa shape index (κ1) is 13.7. The lowest BCUT2D eigenvalue weighted by Crippen LogP contribution is -2.21. The molecule has 3 heteroatoms. The number of hydrogen-bond donors (Lipinski definition) is 1. The van der Waals surface area contributed by atoms with E-state index in [2.05, 4.69) is 11.9 Å². The molecule has 0 heterocycles. The van der Waals surface area contributed by atoms with Gasteiger partial charge in [-0.05, 0) is 57.9 Å². The number of aryl methyl sites for hydroxylation is 1. The van der Waals surface area contributed by atoms with Gasteiger partial charge in [0.15, 0.2) is 11.7 Å². The number of ether oxygens (including phenoxy) is 1. The molecule has 1 aliphatic rings. The first-order valence-electron chi connectivity index (χ1n) is 6.66. The van der Waals surface area contributed by atoms with Crippen LogP contribution >= 0.6 is 0 Å². The minimum Gasteiger partial charge on any atom is -0.474 e. The summed E-state index contributed by atoms with van der Waals surface area (Å²) in [6, 6.07) is 5.88. The number of nitrogens with one attached hydrogen (secondary N) is 1. The number of carbonyl (C=O) groups excluding carboxylic acids is 1. The summed E-state index contributed by atoms with van der Waals surface area (Å²) in [4.78, 5) is 11.9. The van der Waals surface area contributed by atoms with Gasteiger partial charge in [-0.25, -0.2) is 0 Å². The molecule has 0 saturated heterocycles. The van der Waals surface area contributed by atoms with Crippen molar-refractivity contribution in [2.24, 2.45) is 0 Å². The average molecular weight is 259 g/mol. The Bertz CT molecular complexity index is 512. The van der Waals surface area contributed by atoms with Crippen LogP contribution in [0.15, 0.2) is 30.7 Å². The maximum Gasteiger partial charge on any atom is 0.184 e. The van der Waals surface area contributed by atoms with Crippen molar-refractivity contribution in [2.75, 3.05) is 5.32 Å². The summed E-state index contributed by atoms with van der Waals surface area (Å²) in [6.45, 7) is 9.75. The summed E-state index contributed by atoms with van der Waals surface area (Å²) in [5.74, 6) is 0.725. The number of hydrogen-bond acceptors (Lipinski definition) is 3. The van der Waals surface area contributed by atoms with Crippen molar-refractivity contribution < 1.29 is 9.53 Å². The molecule has 0 unspecified atom stereocenters. The van der Waals surface area contributed by atoms with E-state index in [1.54, 1.807) is 0 Å². The Morgan fingerprint density at radius 1 is 1.32 bits per heavy atom. The van der Waals surface area contributed by atoms with E-state index < -0.39 is 0 Å². The van der Waals surface area contributed by atoms with Gasteiger partial charge >= 0.3 is 0 Å². The lowest BCUT2D eigenvalue weighted by Gasteiger charge is -2.24. The largest absolute Gasteiger partial charge is 0.474 e. The molecule has 0 spiro atoms. The molecule has 1 aromatic carbocycles.